The van der Waals surface area contributed by atoms with Crippen molar-refractivity contribution in [1.29, 1.82) is 0 Å². The average Bonchev–Trinajstić information content (AvgIpc) is 2.66. The lowest BCUT2D eigenvalue weighted by Gasteiger charge is -2.28. The SMILES string of the molecule is CNC(=O)[C@H](C)N(Cc1ccccc1F)C(=O)COc1ccc(Br)c(C)c1. The summed E-state index contributed by atoms with van der Waals surface area (Å²) >= 11 is 3.41. The molecule has 0 aliphatic rings. The van der Waals surface area contributed by atoms with Crippen LogP contribution < -0.4 is 10.1 Å². The summed E-state index contributed by atoms with van der Waals surface area (Å²) in [6, 6.07) is 10.8. The van der Waals surface area contributed by atoms with E-state index in [1.54, 1.807) is 37.3 Å². The van der Waals surface area contributed by atoms with E-state index in [0.717, 1.165) is 10.0 Å². The fraction of sp³-hybridized carbons (Fsp3) is 0.300. The standard InChI is InChI=1S/C20H22BrFN2O3/c1-13-10-16(8-9-17(13)21)27-12-19(25)24(14(2)20(26)23-3)11-15-6-4-5-7-18(15)22/h4-10,14H,11-12H2,1-3H3,(H,23,26)/t14-/m0/s1. The van der Waals surface area contributed by atoms with Gasteiger partial charge < -0.3 is 15.0 Å². The predicted molar refractivity (Wildman–Crippen MR) is 105 cm³/mol. The van der Waals surface area contributed by atoms with Crippen molar-refractivity contribution in [1.82, 2.24) is 10.2 Å². The minimum Gasteiger partial charge on any atom is -0.484 e. The first-order valence-electron chi connectivity index (χ1n) is 8.47. The zero-order chi connectivity index (χ0) is 20.0. The molecule has 0 fully saturated rings. The predicted octanol–water partition coefficient (Wildman–Crippen LogP) is 3.44. The van der Waals surface area contributed by atoms with E-state index in [1.165, 1.54) is 18.0 Å². The molecule has 5 nitrogen and oxygen atoms in total. The van der Waals surface area contributed by atoms with Gasteiger partial charge in [-0.15, -0.1) is 0 Å². The number of nitrogens with zero attached hydrogens (tertiary/aromatic N) is 1. The van der Waals surface area contributed by atoms with Crippen LogP contribution in [0.15, 0.2) is 46.9 Å². The van der Waals surface area contributed by atoms with Gasteiger partial charge in [-0.05, 0) is 43.7 Å². The van der Waals surface area contributed by atoms with Crippen LogP contribution in [-0.4, -0.2) is 36.4 Å². The van der Waals surface area contributed by atoms with E-state index in [4.69, 9.17) is 4.74 Å². The van der Waals surface area contributed by atoms with Crippen LogP contribution in [0.1, 0.15) is 18.1 Å². The smallest absolute Gasteiger partial charge is 0.261 e. The molecule has 2 amide bonds. The van der Waals surface area contributed by atoms with Gasteiger partial charge in [0.25, 0.3) is 5.91 Å². The second-order valence-corrected chi connectivity index (χ2v) is 6.96. The van der Waals surface area contributed by atoms with Gasteiger partial charge >= 0.3 is 0 Å². The van der Waals surface area contributed by atoms with Crippen molar-refractivity contribution in [3.05, 3.63) is 63.9 Å². The van der Waals surface area contributed by atoms with Crippen LogP contribution in [0.5, 0.6) is 5.75 Å². The quantitative estimate of drug-likeness (QED) is 0.722. The fourth-order valence-electron chi connectivity index (χ4n) is 2.54. The highest BCUT2D eigenvalue weighted by Gasteiger charge is 2.26. The maximum atomic E-state index is 14.0. The van der Waals surface area contributed by atoms with Crippen molar-refractivity contribution in [3.8, 4) is 5.75 Å². The fourth-order valence-corrected chi connectivity index (χ4v) is 2.78. The number of nitrogens with one attached hydrogen (secondary N) is 1. The molecule has 2 aromatic rings. The first-order chi connectivity index (χ1) is 12.8. The molecule has 0 saturated heterocycles. The summed E-state index contributed by atoms with van der Waals surface area (Å²) in [7, 11) is 1.49. The Labute approximate surface area is 166 Å². The number of rotatable bonds is 7. The van der Waals surface area contributed by atoms with Crippen molar-refractivity contribution < 1.29 is 18.7 Å². The number of likely N-dealkylation sites (N-methyl/N-ethyl adjacent to an activating group) is 1. The second-order valence-electron chi connectivity index (χ2n) is 6.10. The summed E-state index contributed by atoms with van der Waals surface area (Å²) < 4.78 is 20.5. The topological polar surface area (TPSA) is 58.6 Å². The largest absolute Gasteiger partial charge is 0.484 e. The summed E-state index contributed by atoms with van der Waals surface area (Å²) in [6.45, 7) is 3.23. The van der Waals surface area contributed by atoms with Crippen molar-refractivity contribution >= 4 is 27.7 Å². The van der Waals surface area contributed by atoms with Gasteiger partial charge in [-0.2, -0.15) is 0 Å². The van der Waals surface area contributed by atoms with Gasteiger partial charge in [-0.25, -0.2) is 4.39 Å². The lowest BCUT2D eigenvalue weighted by atomic mass is 10.1. The minimum absolute atomic E-state index is 0.0250. The highest BCUT2D eigenvalue weighted by Crippen LogP contribution is 2.22. The number of ether oxygens (including phenoxy) is 1. The summed E-state index contributed by atoms with van der Waals surface area (Å²) in [5, 5.41) is 2.52. The third kappa shape index (κ3) is 5.53. The van der Waals surface area contributed by atoms with E-state index >= 15 is 0 Å². The molecule has 0 aromatic heterocycles. The van der Waals surface area contributed by atoms with Crippen molar-refractivity contribution in [3.63, 3.8) is 0 Å². The molecule has 1 atom stereocenters. The Morgan fingerprint density at radius 2 is 1.96 bits per heavy atom. The molecule has 0 aliphatic heterocycles. The third-order valence-electron chi connectivity index (χ3n) is 4.20. The van der Waals surface area contributed by atoms with Gasteiger partial charge in [0.05, 0.1) is 0 Å². The molecule has 2 rings (SSSR count). The Kier molecular flexibility index (Phi) is 7.36. The number of hydrogen-bond donors (Lipinski definition) is 1. The maximum Gasteiger partial charge on any atom is 0.261 e. The average molecular weight is 437 g/mol. The van der Waals surface area contributed by atoms with Gasteiger partial charge in [0.2, 0.25) is 5.91 Å². The van der Waals surface area contributed by atoms with Gasteiger partial charge in [-0.3, -0.25) is 9.59 Å². The first kappa shape index (κ1) is 20.9. The van der Waals surface area contributed by atoms with Crippen LogP contribution in [0, 0.1) is 12.7 Å². The lowest BCUT2D eigenvalue weighted by molar-refractivity contribution is -0.142. The second kappa shape index (κ2) is 9.50. The monoisotopic (exact) mass is 436 g/mol. The molecule has 27 heavy (non-hydrogen) atoms. The molecule has 0 heterocycles. The number of hydrogen-bond acceptors (Lipinski definition) is 3. The summed E-state index contributed by atoms with van der Waals surface area (Å²) in [5.74, 6) is -0.625. The molecule has 2 aromatic carbocycles. The highest BCUT2D eigenvalue weighted by atomic mass is 79.9. The molecule has 0 saturated carbocycles. The Balaban J connectivity index is 2.16. The number of carbonyl (C=O) groups is 2. The van der Waals surface area contributed by atoms with E-state index in [2.05, 4.69) is 21.2 Å². The van der Waals surface area contributed by atoms with Crippen molar-refractivity contribution in [2.75, 3.05) is 13.7 Å². The number of benzene rings is 2. The van der Waals surface area contributed by atoms with Gasteiger partial charge in [-0.1, -0.05) is 34.1 Å². The van der Waals surface area contributed by atoms with Crippen molar-refractivity contribution in [2.24, 2.45) is 0 Å². The molecule has 0 radical (unpaired) electrons. The number of aryl methyl sites for hydroxylation is 1. The van der Waals surface area contributed by atoms with Gasteiger partial charge in [0, 0.05) is 23.6 Å². The van der Waals surface area contributed by atoms with Gasteiger partial charge in [0.1, 0.15) is 17.6 Å². The number of halogens is 2. The number of carbonyl (C=O) groups excluding carboxylic acids is 2. The molecule has 0 unspecified atom stereocenters. The Morgan fingerprint density at radius 1 is 1.26 bits per heavy atom. The Morgan fingerprint density at radius 3 is 2.59 bits per heavy atom. The summed E-state index contributed by atoms with van der Waals surface area (Å²) in [4.78, 5) is 26.1. The van der Waals surface area contributed by atoms with Crippen LogP contribution in [0.2, 0.25) is 0 Å². The van der Waals surface area contributed by atoms with Crippen LogP contribution in [-0.2, 0) is 16.1 Å². The normalized spacial score (nSPS) is 11.6. The van der Waals surface area contributed by atoms with Crippen LogP contribution in [0.3, 0.4) is 0 Å². The third-order valence-corrected chi connectivity index (χ3v) is 5.09. The molecule has 0 bridgehead atoms. The Bertz CT molecular complexity index is 829. The van der Waals surface area contributed by atoms with E-state index in [9.17, 15) is 14.0 Å². The number of amides is 2. The zero-order valence-corrected chi connectivity index (χ0v) is 17.0. The van der Waals surface area contributed by atoms with Crippen molar-refractivity contribution in [2.45, 2.75) is 26.4 Å². The summed E-state index contributed by atoms with van der Waals surface area (Å²) in [6.07, 6.45) is 0. The first-order valence-corrected chi connectivity index (χ1v) is 9.26. The van der Waals surface area contributed by atoms with Gasteiger partial charge in [0.15, 0.2) is 6.61 Å². The highest BCUT2D eigenvalue weighted by molar-refractivity contribution is 9.10. The van der Waals surface area contributed by atoms with Crippen LogP contribution in [0.4, 0.5) is 4.39 Å². The summed E-state index contributed by atoms with van der Waals surface area (Å²) in [5.41, 5.74) is 1.31. The molecular weight excluding hydrogens is 415 g/mol. The van der Waals surface area contributed by atoms with E-state index in [1.807, 2.05) is 13.0 Å². The maximum absolute atomic E-state index is 14.0. The molecule has 0 spiro atoms. The van der Waals surface area contributed by atoms with E-state index in [-0.39, 0.29) is 19.1 Å². The zero-order valence-electron chi connectivity index (χ0n) is 15.5. The van der Waals surface area contributed by atoms with Crippen LogP contribution in [0.25, 0.3) is 0 Å². The molecule has 144 valence electrons. The van der Waals surface area contributed by atoms with E-state index < -0.39 is 17.8 Å². The molecule has 0 aliphatic carbocycles. The minimum atomic E-state index is -0.766. The molecule has 1 N–H and O–H groups in total. The lowest BCUT2D eigenvalue weighted by Crippen LogP contribution is -2.48. The Hall–Kier alpha value is -2.41. The van der Waals surface area contributed by atoms with Crippen LogP contribution >= 0.6 is 15.9 Å². The molecule has 7 heteroatoms. The molecular formula is C20H22BrFN2O3. The van der Waals surface area contributed by atoms with E-state index in [0.29, 0.717) is 11.3 Å².